The molecule has 1 unspecified atom stereocenters. The number of carbonyl (C=O) groups excluding carboxylic acids is 1. The first-order chi connectivity index (χ1) is 8.62. The molecular formula is C12H22N4O2. The van der Waals surface area contributed by atoms with Crippen LogP contribution in [0.2, 0.25) is 0 Å². The van der Waals surface area contributed by atoms with Crippen molar-refractivity contribution in [3.63, 3.8) is 0 Å². The molecule has 0 bridgehead atoms. The Balaban J connectivity index is 2.54. The molecule has 1 heterocycles. The average Bonchev–Trinajstić information content (AvgIpc) is 2.75. The van der Waals surface area contributed by atoms with E-state index in [9.17, 15) is 4.79 Å². The first-order valence-electron chi connectivity index (χ1n) is 6.18. The van der Waals surface area contributed by atoms with Gasteiger partial charge in [-0.1, -0.05) is 13.3 Å². The number of carbonyl (C=O) groups is 1. The number of rotatable bonds is 7. The van der Waals surface area contributed by atoms with Crippen LogP contribution in [0, 0.1) is 5.92 Å². The van der Waals surface area contributed by atoms with Gasteiger partial charge in [-0.2, -0.15) is 5.10 Å². The van der Waals surface area contributed by atoms with Crippen LogP contribution in [-0.4, -0.2) is 35.9 Å². The fourth-order valence-electron chi connectivity index (χ4n) is 1.77. The summed E-state index contributed by atoms with van der Waals surface area (Å²) in [5.74, 6) is 0.808. The van der Waals surface area contributed by atoms with Gasteiger partial charge in [0, 0.05) is 19.7 Å². The first kappa shape index (κ1) is 14.5. The lowest BCUT2D eigenvalue weighted by molar-refractivity contribution is 0.0940. The number of methoxy groups -OCH3 is 1. The Morgan fingerprint density at radius 1 is 1.67 bits per heavy atom. The van der Waals surface area contributed by atoms with Crippen molar-refractivity contribution in [2.24, 2.45) is 18.7 Å². The summed E-state index contributed by atoms with van der Waals surface area (Å²) in [5, 5.41) is 6.96. The Labute approximate surface area is 107 Å². The number of nitrogens with two attached hydrogens (primary N) is 1. The van der Waals surface area contributed by atoms with Gasteiger partial charge in [-0.15, -0.1) is 0 Å². The van der Waals surface area contributed by atoms with E-state index in [1.54, 1.807) is 20.2 Å². The second-order valence-corrected chi connectivity index (χ2v) is 4.26. The van der Waals surface area contributed by atoms with Crippen LogP contribution < -0.4 is 15.8 Å². The van der Waals surface area contributed by atoms with Gasteiger partial charge in [0.05, 0.1) is 7.11 Å². The number of aromatic nitrogens is 2. The lowest BCUT2D eigenvalue weighted by Crippen LogP contribution is -2.30. The third-order valence-corrected chi connectivity index (χ3v) is 2.98. The fourth-order valence-corrected chi connectivity index (χ4v) is 1.77. The second-order valence-electron chi connectivity index (χ2n) is 4.26. The van der Waals surface area contributed by atoms with E-state index in [1.165, 1.54) is 4.68 Å². The Morgan fingerprint density at radius 3 is 2.89 bits per heavy atom. The fraction of sp³-hybridized carbons (Fsp3) is 0.667. The molecule has 0 spiro atoms. The Kier molecular flexibility index (Phi) is 5.64. The third kappa shape index (κ3) is 3.73. The van der Waals surface area contributed by atoms with E-state index in [4.69, 9.17) is 10.5 Å². The maximum absolute atomic E-state index is 11.9. The standard InChI is InChI=1S/C12H22N4O2/c1-4-9(5-6-13)8-14-12(17)10-7-11(18-3)16(2)15-10/h7,9H,4-6,8,13H2,1-3H3,(H,14,17). The molecular weight excluding hydrogens is 232 g/mol. The molecule has 0 radical (unpaired) electrons. The van der Waals surface area contributed by atoms with Gasteiger partial charge >= 0.3 is 0 Å². The second kappa shape index (κ2) is 7.00. The molecule has 18 heavy (non-hydrogen) atoms. The minimum absolute atomic E-state index is 0.177. The minimum Gasteiger partial charge on any atom is -0.481 e. The molecule has 1 amide bonds. The van der Waals surface area contributed by atoms with Crippen LogP contribution in [0.4, 0.5) is 0 Å². The zero-order valence-corrected chi connectivity index (χ0v) is 11.3. The summed E-state index contributed by atoms with van der Waals surface area (Å²) >= 11 is 0. The third-order valence-electron chi connectivity index (χ3n) is 2.98. The number of amides is 1. The maximum Gasteiger partial charge on any atom is 0.271 e. The van der Waals surface area contributed by atoms with E-state index < -0.39 is 0 Å². The largest absolute Gasteiger partial charge is 0.481 e. The molecule has 1 atom stereocenters. The molecule has 3 N–H and O–H groups in total. The number of ether oxygens (including phenoxy) is 1. The van der Waals surface area contributed by atoms with Gasteiger partial charge in [0.15, 0.2) is 5.69 Å². The quantitative estimate of drug-likeness (QED) is 0.743. The van der Waals surface area contributed by atoms with Crippen LogP contribution >= 0.6 is 0 Å². The van der Waals surface area contributed by atoms with Crippen LogP contribution in [0.25, 0.3) is 0 Å². The van der Waals surface area contributed by atoms with Crippen LogP contribution in [0.15, 0.2) is 6.07 Å². The molecule has 102 valence electrons. The smallest absolute Gasteiger partial charge is 0.271 e. The zero-order valence-electron chi connectivity index (χ0n) is 11.3. The van der Waals surface area contributed by atoms with Gasteiger partial charge in [0.1, 0.15) is 0 Å². The van der Waals surface area contributed by atoms with E-state index in [2.05, 4.69) is 17.3 Å². The normalized spacial score (nSPS) is 12.2. The van der Waals surface area contributed by atoms with Crippen LogP contribution in [0.5, 0.6) is 5.88 Å². The van der Waals surface area contributed by atoms with Gasteiger partial charge in [0.25, 0.3) is 5.91 Å². The summed E-state index contributed by atoms with van der Waals surface area (Å²) < 4.78 is 6.60. The minimum atomic E-state index is -0.177. The highest BCUT2D eigenvalue weighted by Gasteiger charge is 2.14. The highest BCUT2D eigenvalue weighted by molar-refractivity contribution is 5.92. The summed E-state index contributed by atoms with van der Waals surface area (Å²) in [5.41, 5.74) is 5.89. The van der Waals surface area contributed by atoms with Crippen molar-refractivity contribution < 1.29 is 9.53 Å². The summed E-state index contributed by atoms with van der Waals surface area (Å²) in [7, 11) is 3.28. The summed E-state index contributed by atoms with van der Waals surface area (Å²) in [6.45, 7) is 3.37. The topological polar surface area (TPSA) is 82.2 Å². The van der Waals surface area contributed by atoms with E-state index in [1.807, 2.05) is 0 Å². The van der Waals surface area contributed by atoms with Gasteiger partial charge in [-0.3, -0.25) is 4.79 Å². The Hall–Kier alpha value is -1.56. The molecule has 6 nitrogen and oxygen atoms in total. The van der Waals surface area contributed by atoms with Crippen LogP contribution in [0.1, 0.15) is 30.3 Å². The molecule has 6 heteroatoms. The van der Waals surface area contributed by atoms with Gasteiger partial charge in [-0.05, 0) is 18.9 Å². The summed E-state index contributed by atoms with van der Waals surface area (Å²) in [6.07, 6.45) is 1.92. The van der Waals surface area contributed by atoms with Crippen molar-refractivity contribution in [2.45, 2.75) is 19.8 Å². The molecule has 0 fully saturated rings. The predicted octanol–water partition coefficient (Wildman–Crippen LogP) is 0.534. The summed E-state index contributed by atoms with van der Waals surface area (Å²) in [4.78, 5) is 11.9. The highest BCUT2D eigenvalue weighted by atomic mass is 16.5. The van der Waals surface area contributed by atoms with Crippen molar-refractivity contribution in [3.05, 3.63) is 11.8 Å². The molecule has 1 aromatic heterocycles. The van der Waals surface area contributed by atoms with E-state index in [-0.39, 0.29) is 5.91 Å². The predicted molar refractivity (Wildman–Crippen MR) is 69.5 cm³/mol. The number of nitrogens with zero attached hydrogens (tertiary/aromatic N) is 2. The average molecular weight is 254 g/mol. The Bertz CT molecular complexity index is 389. The van der Waals surface area contributed by atoms with Gasteiger partial charge < -0.3 is 15.8 Å². The first-order valence-corrected chi connectivity index (χ1v) is 6.18. The van der Waals surface area contributed by atoms with E-state index in [0.29, 0.717) is 30.6 Å². The van der Waals surface area contributed by atoms with Crippen LogP contribution in [0.3, 0.4) is 0 Å². The number of aryl methyl sites for hydroxylation is 1. The van der Waals surface area contributed by atoms with E-state index >= 15 is 0 Å². The summed E-state index contributed by atoms with van der Waals surface area (Å²) in [6, 6.07) is 1.62. The van der Waals surface area contributed by atoms with Crippen molar-refractivity contribution in [1.82, 2.24) is 15.1 Å². The maximum atomic E-state index is 11.9. The van der Waals surface area contributed by atoms with Gasteiger partial charge in [-0.25, -0.2) is 4.68 Å². The molecule has 0 aliphatic carbocycles. The van der Waals surface area contributed by atoms with Crippen LogP contribution in [-0.2, 0) is 7.05 Å². The van der Waals surface area contributed by atoms with Crippen molar-refractivity contribution >= 4 is 5.91 Å². The van der Waals surface area contributed by atoms with Crippen molar-refractivity contribution in [2.75, 3.05) is 20.2 Å². The van der Waals surface area contributed by atoms with E-state index in [0.717, 1.165) is 12.8 Å². The lowest BCUT2D eigenvalue weighted by Gasteiger charge is -2.13. The van der Waals surface area contributed by atoms with Crippen molar-refractivity contribution in [3.8, 4) is 5.88 Å². The highest BCUT2D eigenvalue weighted by Crippen LogP contribution is 2.11. The molecule has 0 aliphatic rings. The van der Waals surface area contributed by atoms with Gasteiger partial charge in [0.2, 0.25) is 5.88 Å². The van der Waals surface area contributed by atoms with Crippen molar-refractivity contribution in [1.29, 1.82) is 0 Å². The SMILES string of the molecule is CCC(CCN)CNC(=O)c1cc(OC)n(C)n1. The molecule has 0 aliphatic heterocycles. The molecule has 0 saturated carbocycles. The molecule has 0 aromatic carbocycles. The molecule has 1 rings (SSSR count). The monoisotopic (exact) mass is 254 g/mol. The lowest BCUT2D eigenvalue weighted by atomic mass is 10.0. The molecule has 1 aromatic rings. The number of hydrogen-bond acceptors (Lipinski definition) is 4. The number of nitrogens with one attached hydrogen (secondary N) is 1. The zero-order chi connectivity index (χ0) is 13.5. The number of hydrogen-bond donors (Lipinski definition) is 2. The Morgan fingerprint density at radius 2 is 2.39 bits per heavy atom. The molecule has 0 saturated heterocycles.